The number of carbonyl (C=O) groups excluding carboxylic acids is 1. The Morgan fingerprint density at radius 3 is 2.59 bits per heavy atom. The quantitative estimate of drug-likeness (QED) is 0.313. The summed E-state index contributed by atoms with van der Waals surface area (Å²) in [6.07, 6.45) is -3.92. The number of thiophene rings is 1. The molecular weight excluding hydrogens is 485 g/mol. The minimum Gasteiger partial charge on any atom is -0.497 e. The molecule has 1 N–H and O–H groups in total. The maximum absolute atomic E-state index is 12.9. The molecule has 0 fully saturated rings. The molecule has 2 aromatic carbocycles. The number of methoxy groups -OCH3 is 1. The molecule has 2 heterocycles. The summed E-state index contributed by atoms with van der Waals surface area (Å²) >= 11 is 2.76. The Bertz CT molecular complexity index is 1260. The van der Waals surface area contributed by atoms with Crippen LogP contribution in [0.1, 0.15) is 16.3 Å². The first-order valence-electron chi connectivity index (χ1n) is 10.0. The predicted octanol–water partition coefficient (Wildman–Crippen LogP) is 5.68. The zero-order chi connectivity index (χ0) is 24.1. The average Bonchev–Trinajstić information content (AvgIpc) is 3.48. The van der Waals surface area contributed by atoms with Crippen molar-refractivity contribution in [2.45, 2.75) is 17.8 Å². The van der Waals surface area contributed by atoms with Crippen molar-refractivity contribution in [2.24, 2.45) is 0 Å². The number of benzene rings is 2. The molecule has 0 bridgehead atoms. The zero-order valence-electron chi connectivity index (χ0n) is 17.9. The van der Waals surface area contributed by atoms with Gasteiger partial charge in [0.25, 0.3) is 0 Å². The van der Waals surface area contributed by atoms with Gasteiger partial charge in [-0.3, -0.25) is 9.36 Å². The Balaban J connectivity index is 1.52. The Hall–Kier alpha value is -3.31. The van der Waals surface area contributed by atoms with Gasteiger partial charge in [-0.25, -0.2) is 0 Å². The van der Waals surface area contributed by atoms with Gasteiger partial charge < -0.3 is 10.1 Å². The summed E-state index contributed by atoms with van der Waals surface area (Å²) in [6, 6.07) is 15.9. The maximum Gasteiger partial charge on any atom is 0.416 e. The lowest BCUT2D eigenvalue weighted by Gasteiger charge is -2.11. The number of carbonyl (C=O) groups is 1. The minimum atomic E-state index is -4.48. The molecule has 0 aliphatic heterocycles. The smallest absolute Gasteiger partial charge is 0.416 e. The third kappa shape index (κ3) is 5.78. The molecule has 0 saturated carbocycles. The van der Waals surface area contributed by atoms with Gasteiger partial charge in [0.2, 0.25) is 5.91 Å². The number of nitrogens with one attached hydrogen (secondary N) is 1. The molecule has 0 aliphatic carbocycles. The highest BCUT2D eigenvalue weighted by atomic mass is 32.2. The second-order valence-electron chi connectivity index (χ2n) is 7.10. The topological polar surface area (TPSA) is 69.0 Å². The second-order valence-corrected chi connectivity index (χ2v) is 9.08. The largest absolute Gasteiger partial charge is 0.497 e. The lowest BCUT2D eigenvalue weighted by atomic mass is 10.2. The molecule has 6 nitrogen and oxygen atoms in total. The number of nitrogens with zero attached hydrogens (tertiary/aromatic N) is 3. The monoisotopic (exact) mass is 504 g/mol. The number of hydrogen-bond acceptors (Lipinski definition) is 6. The summed E-state index contributed by atoms with van der Waals surface area (Å²) in [4.78, 5) is 13.6. The highest BCUT2D eigenvalue weighted by Crippen LogP contribution is 2.31. The summed E-state index contributed by atoms with van der Waals surface area (Å²) in [6.45, 7) is 0. The fraction of sp³-hybridized carbons (Fsp3) is 0.174. The molecule has 0 radical (unpaired) electrons. The van der Waals surface area contributed by atoms with Gasteiger partial charge in [-0.2, -0.15) is 13.2 Å². The number of hydrogen-bond donors (Lipinski definition) is 1. The van der Waals surface area contributed by atoms with Crippen LogP contribution in [0.25, 0.3) is 5.69 Å². The van der Waals surface area contributed by atoms with E-state index in [0.717, 1.165) is 34.5 Å². The van der Waals surface area contributed by atoms with Crippen LogP contribution in [0.3, 0.4) is 0 Å². The maximum atomic E-state index is 12.9. The Labute approximate surface area is 201 Å². The minimum absolute atomic E-state index is 0.0520. The van der Waals surface area contributed by atoms with E-state index in [2.05, 4.69) is 15.5 Å². The van der Waals surface area contributed by atoms with E-state index in [-0.39, 0.29) is 11.4 Å². The standard InChI is InChI=1S/C23H19F3N4O2S2/c1-32-18-9-7-17(8-10-18)30-20(13-19-6-3-11-33-19)28-29-22(30)34-14-21(31)27-16-5-2-4-15(12-16)23(24,25)26/h2-12H,13-14H2,1H3,(H,27,31). The SMILES string of the molecule is COc1ccc(-n2c(Cc3cccs3)nnc2SCC(=O)Nc2cccc(C(F)(F)F)c2)cc1. The van der Waals surface area contributed by atoms with Crippen LogP contribution in [0.15, 0.2) is 71.2 Å². The summed E-state index contributed by atoms with van der Waals surface area (Å²) in [5.41, 5.74) is 0.0593. The Morgan fingerprint density at radius 1 is 1.12 bits per heavy atom. The van der Waals surface area contributed by atoms with E-state index < -0.39 is 17.6 Å². The first-order chi connectivity index (χ1) is 16.3. The lowest BCUT2D eigenvalue weighted by molar-refractivity contribution is -0.137. The van der Waals surface area contributed by atoms with Crippen LogP contribution in [-0.4, -0.2) is 33.5 Å². The fourth-order valence-electron chi connectivity index (χ4n) is 3.17. The van der Waals surface area contributed by atoms with Crippen LogP contribution in [0.2, 0.25) is 0 Å². The molecule has 0 spiro atoms. The van der Waals surface area contributed by atoms with Crippen molar-refractivity contribution < 1.29 is 22.7 Å². The third-order valence-corrected chi connectivity index (χ3v) is 6.55. The molecule has 2 aromatic heterocycles. The fourth-order valence-corrected chi connectivity index (χ4v) is 4.64. The van der Waals surface area contributed by atoms with Gasteiger partial charge in [0, 0.05) is 22.7 Å². The molecule has 0 saturated heterocycles. The van der Waals surface area contributed by atoms with Crippen LogP contribution in [0, 0.1) is 0 Å². The number of anilines is 1. The van der Waals surface area contributed by atoms with Crippen molar-refractivity contribution in [3.63, 3.8) is 0 Å². The van der Waals surface area contributed by atoms with Crippen LogP contribution < -0.4 is 10.1 Å². The van der Waals surface area contributed by atoms with Gasteiger partial charge in [-0.05, 0) is 53.9 Å². The summed E-state index contributed by atoms with van der Waals surface area (Å²) in [7, 11) is 1.58. The molecule has 1 amide bonds. The van der Waals surface area contributed by atoms with Crippen LogP contribution >= 0.6 is 23.1 Å². The third-order valence-electron chi connectivity index (χ3n) is 4.75. The molecule has 0 unspecified atom stereocenters. The van der Waals surface area contributed by atoms with E-state index in [1.54, 1.807) is 18.4 Å². The van der Waals surface area contributed by atoms with Crippen molar-refractivity contribution >= 4 is 34.7 Å². The number of thioether (sulfide) groups is 1. The van der Waals surface area contributed by atoms with Crippen LogP contribution in [-0.2, 0) is 17.4 Å². The Kier molecular flexibility index (Phi) is 7.23. The highest BCUT2D eigenvalue weighted by Gasteiger charge is 2.30. The van der Waals surface area contributed by atoms with Gasteiger partial charge >= 0.3 is 6.18 Å². The van der Waals surface area contributed by atoms with Crippen molar-refractivity contribution in [1.29, 1.82) is 0 Å². The number of aromatic nitrogens is 3. The van der Waals surface area contributed by atoms with E-state index in [1.807, 2.05) is 46.3 Å². The van der Waals surface area contributed by atoms with Crippen molar-refractivity contribution in [2.75, 3.05) is 18.2 Å². The number of rotatable bonds is 8. The number of halogens is 3. The molecular formula is C23H19F3N4O2S2. The van der Waals surface area contributed by atoms with Gasteiger partial charge in [-0.15, -0.1) is 21.5 Å². The first-order valence-corrected chi connectivity index (χ1v) is 11.9. The van der Waals surface area contributed by atoms with Crippen molar-refractivity contribution in [1.82, 2.24) is 14.8 Å². The molecule has 11 heteroatoms. The van der Waals surface area contributed by atoms with Crippen molar-refractivity contribution in [3.05, 3.63) is 82.3 Å². The molecule has 0 atom stereocenters. The van der Waals surface area contributed by atoms with E-state index in [0.29, 0.717) is 23.2 Å². The van der Waals surface area contributed by atoms with Crippen LogP contribution in [0.5, 0.6) is 5.75 Å². The molecule has 0 aliphatic rings. The molecule has 176 valence electrons. The van der Waals surface area contributed by atoms with E-state index in [4.69, 9.17) is 4.74 Å². The predicted molar refractivity (Wildman–Crippen MR) is 126 cm³/mol. The number of alkyl halides is 3. The van der Waals surface area contributed by atoms with Gasteiger partial charge in [0.05, 0.1) is 18.4 Å². The summed E-state index contributed by atoms with van der Waals surface area (Å²) < 4.78 is 45.9. The summed E-state index contributed by atoms with van der Waals surface area (Å²) in [5.74, 6) is 0.900. The van der Waals surface area contributed by atoms with E-state index in [9.17, 15) is 18.0 Å². The normalized spacial score (nSPS) is 11.4. The average molecular weight is 505 g/mol. The molecule has 4 rings (SSSR count). The molecule has 4 aromatic rings. The zero-order valence-corrected chi connectivity index (χ0v) is 19.5. The van der Waals surface area contributed by atoms with Crippen LogP contribution in [0.4, 0.5) is 18.9 Å². The van der Waals surface area contributed by atoms with E-state index >= 15 is 0 Å². The lowest BCUT2D eigenvalue weighted by Crippen LogP contribution is -2.15. The Morgan fingerprint density at radius 2 is 1.91 bits per heavy atom. The first kappa shape index (κ1) is 23.8. The van der Waals surface area contributed by atoms with E-state index in [1.165, 1.54) is 12.1 Å². The van der Waals surface area contributed by atoms with Crippen molar-refractivity contribution in [3.8, 4) is 11.4 Å². The number of ether oxygens (including phenoxy) is 1. The highest BCUT2D eigenvalue weighted by molar-refractivity contribution is 7.99. The number of amides is 1. The van der Waals surface area contributed by atoms with Gasteiger partial charge in [-0.1, -0.05) is 23.9 Å². The summed E-state index contributed by atoms with van der Waals surface area (Å²) in [5, 5.41) is 13.6. The molecule has 34 heavy (non-hydrogen) atoms. The second kappa shape index (κ2) is 10.3. The van der Waals surface area contributed by atoms with Gasteiger partial charge in [0.15, 0.2) is 5.16 Å². The van der Waals surface area contributed by atoms with Gasteiger partial charge in [0.1, 0.15) is 11.6 Å².